The second-order valence-corrected chi connectivity index (χ2v) is 3.56. The third-order valence-electron chi connectivity index (χ3n) is 2.33. The van der Waals surface area contributed by atoms with E-state index in [0.29, 0.717) is 0 Å². The van der Waals surface area contributed by atoms with Crippen molar-refractivity contribution in [3.8, 4) is 6.07 Å². The van der Waals surface area contributed by atoms with Crippen LogP contribution in [0.15, 0.2) is 18.2 Å². The van der Waals surface area contributed by atoms with Crippen LogP contribution in [-0.4, -0.2) is 22.0 Å². The Morgan fingerprint density at radius 1 is 1.26 bits per heavy atom. The average Bonchev–Trinajstić information content (AvgIpc) is 2.40. The van der Waals surface area contributed by atoms with Gasteiger partial charge in [-0.15, -0.1) is 0 Å². The molecular formula is C11H8F2N6. The number of hydrogen-bond donors (Lipinski definition) is 1. The van der Waals surface area contributed by atoms with Gasteiger partial charge in [0.25, 0.3) is 0 Å². The molecule has 2 N–H and O–H groups in total. The van der Waals surface area contributed by atoms with Crippen LogP contribution in [0.5, 0.6) is 0 Å². The Kier molecular flexibility index (Phi) is 3.20. The summed E-state index contributed by atoms with van der Waals surface area (Å²) in [7, 11) is 1.42. The van der Waals surface area contributed by atoms with Gasteiger partial charge < -0.3 is 10.6 Å². The van der Waals surface area contributed by atoms with E-state index in [9.17, 15) is 8.78 Å². The van der Waals surface area contributed by atoms with E-state index < -0.39 is 11.6 Å². The summed E-state index contributed by atoms with van der Waals surface area (Å²) in [6, 6.07) is 5.40. The highest BCUT2D eigenvalue weighted by Crippen LogP contribution is 2.25. The highest BCUT2D eigenvalue weighted by atomic mass is 19.2. The molecule has 96 valence electrons. The maximum atomic E-state index is 13.6. The van der Waals surface area contributed by atoms with Crippen LogP contribution < -0.4 is 10.6 Å². The minimum absolute atomic E-state index is 0.0476. The van der Waals surface area contributed by atoms with Crippen molar-refractivity contribution in [3.05, 3.63) is 35.7 Å². The Labute approximate surface area is 107 Å². The fourth-order valence-electron chi connectivity index (χ4n) is 1.44. The molecule has 0 saturated heterocycles. The zero-order valence-corrected chi connectivity index (χ0v) is 9.80. The first-order valence-corrected chi connectivity index (χ1v) is 5.12. The third kappa shape index (κ3) is 2.40. The molecule has 0 aliphatic heterocycles. The monoisotopic (exact) mass is 262 g/mol. The zero-order valence-electron chi connectivity index (χ0n) is 9.80. The van der Waals surface area contributed by atoms with Gasteiger partial charge in [-0.1, -0.05) is 6.07 Å². The molecule has 8 heteroatoms. The molecule has 0 fully saturated rings. The van der Waals surface area contributed by atoms with Crippen LogP contribution in [0, 0.1) is 23.0 Å². The van der Waals surface area contributed by atoms with Gasteiger partial charge in [0.1, 0.15) is 6.07 Å². The van der Waals surface area contributed by atoms with Crippen LogP contribution in [0.25, 0.3) is 0 Å². The highest BCUT2D eigenvalue weighted by Gasteiger charge is 2.16. The molecule has 1 heterocycles. The number of aromatic nitrogens is 3. The number of nitrogen functional groups attached to an aromatic ring is 1. The van der Waals surface area contributed by atoms with Gasteiger partial charge >= 0.3 is 0 Å². The van der Waals surface area contributed by atoms with Crippen LogP contribution in [0.3, 0.4) is 0 Å². The molecule has 0 bridgehead atoms. The highest BCUT2D eigenvalue weighted by molar-refractivity contribution is 5.58. The average molecular weight is 262 g/mol. The van der Waals surface area contributed by atoms with Crippen LogP contribution in [0.4, 0.5) is 26.4 Å². The number of anilines is 3. The number of halogens is 2. The van der Waals surface area contributed by atoms with Crippen molar-refractivity contribution in [3.63, 3.8) is 0 Å². The van der Waals surface area contributed by atoms with Gasteiger partial charge in [-0.2, -0.15) is 20.2 Å². The van der Waals surface area contributed by atoms with Gasteiger partial charge in [0, 0.05) is 7.05 Å². The SMILES string of the molecule is CN(c1nc(N)nc(C#N)n1)c1cccc(F)c1F. The first-order valence-electron chi connectivity index (χ1n) is 5.12. The largest absolute Gasteiger partial charge is 0.368 e. The van der Waals surface area contributed by atoms with Gasteiger partial charge in [0.05, 0.1) is 5.69 Å². The van der Waals surface area contributed by atoms with Gasteiger partial charge in [-0.05, 0) is 12.1 Å². The topological polar surface area (TPSA) is 91.7 Å². The number of hydrogen-bond acceptors (Lipinski definition) is 6. The van der Waals surface area contributed by atoms with Crippen molar-refractivity contribution in [2.45, 2.75) is 0 Å². The van der Waals surface area contributed by atoms with E-state index in [4.69, 9.17) is 11.0 Å². The quantitative estimate of drug-likeness (QED) is 0.878. The lowest BCUT2D eigenvalue weighted by Gasteiger charge is -2.17. The van der Waals surface area contributed by atoms with Crippen molar-refractivity contribution in [1.82, 2.24) is 15.0 Å². The number of nitrogens with zero attached hydrogens (tertiary/aromatic N) is 5. The molecule has 0 aliphatic carbocycles. The van der Waals surface area contributed by atoms with Gasteiger partial charge in [0.15, 0.2) is 11.6 Å². The molecule has 0 radical (unpaired) electrons. The van der Waals surface area contributed by atoms with Gasteiger partial charge in [-0.3, -0.25) is 0 Å². The fourth-order valence-corrected chi connectivity index (χ4v) is 1.44. The Morgan fingerprint density at radius 3 is 2.68 bits per heavy atom. The molecule has 1 aromatic heterocycles. The van der Waals surface area contributed by atoms with Crippen LogP contribution in [0.2, 0.25) is 0 Å². The molecular weight excluding hydrogens is 254 g/mol. The van der Waals surface area contributed by atoms with Crippen LogP contribution >= 0.6 is 0 Å². The van der Waals surface area contributed by atoms with Crippen molar-refractivity contribution in [1.29, 1.82) is 5.26 Å². The molecule has 0 amide bonds. The first kappa shape index (κ1) is 12.6. The minimum atomic E-state index is -1.04. The van der Waals surface area contributed by atoms with E-state index >= 15 is 0 Å². The zero-order chi connectivity index (χ0) is 14.0. The molecule has 6 nitrogen and oxygen atoms in total. The molecule has 0 spiro atoms. The van der Waals surface area contributed by atoms with Gasteiger partial charge in [0.2, 0.25) is 17.7 Å². The lowest BCUT2D eigenvalue weighted by atomic mass is 10.3. The maximum absolute atomic E-state index is 13.6. The lowest BCUT2D eigenvalue weighted by Crippen LogP contribution is -2.17. The normalized spacial score (nSPS) is 10.0. The summed E-state index contributed by atoms with van der Waals surface area (Å²) in [5, 5.41) is 8.73. The minimum Gasteiger partial charge on any atom is -0.368 e. The van der Waals surface area contributed by atoms with Crippen molar-refractivity contribution < 1.29 is 8.78 Å². The van der Waals surface area contributed by atoms with Crippen LogP contribution in [0.1, 0.15) is 5.82 Å². The number of benzene rings is 1. The van der Waals surface area contributed by atoms with E-state index in [1.165, 1.54) is 24.1 Å². The second kappa shape index (κ2) is 4.81. The summed E-state index contributed by atoms with van der Waals surface area (Å²) >= 11 is 0. The molecule has 19 heavy (non-hydrogen) atoms. The fraction of sp³-hybridized carbons (Fsp3) is 0.0909. The molecule has 0 aliphatic rings. The predicted molar refractivity (Wildman–Crippen MR) is 63.4 cm³/mol. The number of nitrogens with two attached hydrogens (primary N) is 1. The summed E-state index contributed by atoms with van der Waals surface area (Å²) in [5.41, 5.74) is 5.34. The first-order chi connectivity index (χ1) is 9.02. The molecule has 0 unspecified atom stereocenters. The molecule has 0 atom stereocenters. The lowest BCUT2D eigenvalue weighted by molar-refractivity contribution is 0.509. The van der Waals surface area contributed by atoms with Crippen molar-refractivity contribution in [2.24, 2.45) is 0 Å². The van der Waals surface area contributed by atoms with Crippen molar-refractivity contribution >= 4 is 17.6 Å². The smallest absolute Gasteiger partial charge is 0.238 e. The number of nitriles is 1. The Hall–Kier alpha value is -2.82. The third-order valence-corrected chi connectivity index (χ3v) is 2.33. The van der Waals surface area contributed by atoms with E-state index in [2.05, 4.69) is 15.0 Å². The Morgan fingerprint density at radius 2 is 2.00 bits per heavy atom. The Balaban J connectivity index is 2.50. The van der Waals surface area contributed by atoms with E-state index in [-0.39, 0.29) is 23.4 Å². The Bertz CT molecular complexity index is 667. The van der Waals surface area contributed by atoms with Crippen molar-refractivity contribution in [2.75, 3.05) is 17.7 Å². The second-order valence-electron chi connectivity index (χ2n) is 3.56. The summed E-state index contributed by atoms with van der Waals surface area (Å²) in [6.45, 7) is 0. The summed E-state index contributed by atoms with van der Waals surface area (Å²) < 4.78 is 26.8. The van der Waals surface area contributed by atoms with E-state index in [1.807, 2.05) is 0 Å². The van der Waals surface area contributed by atoms with Crippen LogP contribution in [-0.2, 0) is 0 Å². The predicted octanol–water partition coefficient (Wildman–Crippen LogP) is 1.37. The molecule has 2 aromatic rings. The maximum Gasteiger partial charge on any atom is 0.238 e. The molecule has 2 rings (SSSR count). The van der Waals surface area contributed by atoms with E-state index in [1.54, 1.807) is 6.07 Å². The summed E-state index contributed by atoms with van der Waals surface area (Å²) in [5.74, 6) is -2.46. The standard InChI is InChI=1S/C11H8F2N6/c1-19(7-4-2-3-6(12)9(7)13)11-17-8(5-14)16-10(15)18-11/h2-4H,1H3,(H2,15,16,17,18). The number of rotatable bonds is 2. The van der Waals surface area contributed by atoms with Gasteiger partial charge in [-0.25, -0.2) is 8.78 Å². The van der Waals surface area contributed by atoms with E-state index in [0.717, 1.165) is 6.07 Å². The molecule has 1 aromatic carbocycles. The molecule has 0 saturated carbocycles. The summed E-state index contributed by atoms with van der Waals surface area (Å²) in [4.78, 5) is 12.3. The summed E-state index contributed by atoms with van der Waals surface area (Å²) in [6.07, 6.45) is 0.